The number of nitrogens with zero attached hydrogens (tertiary/aromatic N) is 1. The zero-order valence-electron chi connectivity index (χ0n) is 11.7. The summed E-state index contributed by atoms with van der Waals surface area (Å²) in [5, 5.41) is 3.65. The van der Waals surface area contributed by atoms with Crippen LogP contribution in [0.1, 0.15) is 41.6 Å². The molecule has 2 aliphatic heterocycles. The van der Waals surface area contributed by atoms with E-state index in [0.717, 1.165) is 25.7 Å². The molecule has 1 saturated carbocycles. The van der Waals surface area contributed by atoms with Gasteiger partial charge in [-0.25, -0.2) is 0 Å². The molecule has 1 aromatic heterocycles. The van der Waals surface area contributed by atoms with Crippen molar-refractivity contribution in [1.82, 2.24) is 10.2 Å². The van der Waals surface area contributed by atoms with E-state index in [1.54, 1.807) is 0 Å². The molecule has 1 atom stereocenters. The molecule has 1 amide bonds. The quantitative estimate of drug-likeness (QED) is 0.912. The molecule has 3 fully saturated rings. The number of carbonyl (C=O) groups excluding carboxylic acids is 1. The summed E-state index contributed by atoms with van der Waals surface area (Å²) in [5.74, 6) is 2.75. The van der Waals surface area contributed by atoms with Crippen LogP contribution in [0.2, 0.25) is 0 Å². The molecule has 2 saturated heterocycles. The molecule has 20 heavy (non-hydrogen) atoms. The van der Waals surface area contributed by atoms with Crippen LogP contribution in [-0.2, 0) is 4.79 Å². The minimum Gasteiger partial charge on any atom is -0.317 e. The van der Waals surface area contributed by atoms with E-state index in [2.05, 4.69) is 29.3 Å². The second-order valence-corrected chi connectivity index (χ2v) is 8.68. The van der Waals surface area contributed by atoms with Crippen LogP contribution in [0.25, 0.3) is 0 Å². The average Bonchev–Trinajstić information content (AvgIpc) is 3.03. The van der Waals surface area contributed by atoms with Crippen LogP contribution in [0.15, 0.2) is 12.1 Å². The Morgan fingerprint density at radius 3 is 2.65 bits per heavy atom. The van der Waals surface area contributed by atoms with Crippen molar-refractivity contribution in [1.29, 1.82) is 0 Å². The molecule has 0 radical (unpaired) electrons. The lowest BCUT2D eigenvalue weighted by Crippen LogP contribution is -2.42. The van der Waals surface area contributed by atoms with E-state index >= 15 is 0 Å². The highest BCUT2D eigenvalue weighted by molar-refractivity contribution is 7.99. The number of hydrogen-bond donors (Lipinski definition) is 1. The van der Waals surface area contributed by atoms with E-state index in [4.69, 9.17) is 0 Å². The van der Waals surface area contributed by atoms with E-state index in [0.29, 0.717) is 11.9 Å². The monoisotopic (exact) mass is 308 g/mol. The van der Waals surface area contributed by atoms with Gasteiger partial charge in [-0.15, -0.1) is 11.3 Å². The summed E-state index contributed by atoms with van der Waals surface area (Å²) in [5.41, 5.74) is -0.201. The molecule has 4 rings (SSSR count). The molecular weight excluding hydrogens is 288 g/mol. The number of aryl methyl sites for hydroxylation is 1. The second-order valence-electron chi connectivity index (χ2n) is 6.13. The molecular formula is C15H20N2OS2. The van der Waals surface area contributed by atoms with Gasteiger partial charge in [0.1, 0.15) is 11.7 Å². The highest BCUT2D eigenvalue weighted by Gasteiger charge is 2.60. The van der Waals surface area contributed by atoms with E-state index < -0.39 is 0 Å². The Morgan fingerprint density at radius 2 is 2.05 bits per heavy atom. The number of rotatable bonds is 2. The molecule has 0 aromatic carbocycles. The highest BCUT2D eigenvalue weighted by Crippen LogP contribution is 2.48. The normalized spacial score (nSPS) is 29.4. The van der Waals surface area contributed by atoms with Gasteiger partial charge in [0.05, 0.1) is 0 Å². The first kappa shape index (κ1) is 13.2. The Bertz CT molecular complexity index is 532. The lowest BCUT2D eigenvalue weighted by molar-refractivity contribution is -0.133. The largest absolute Gasteiger partial charge is 0.317 e. The minimum atomic E-state index is -0.201. The van der Waals surface area contributed by atoms with Gasteiger partial charge in [0, 0.05) is 15.8 Å². The zero-order chi connectivity index (χ0) is 13.7. The topological polar surface area (TPSA) is 32.3 Å². The first-order chi connectivity index (χ1) is 9.70. The van der Waals surface area contributed by atoms with Crippen LogP contribution in [0.5, 0.6) is 0 Å². The second kappa shape index (κ2) is 4.75. The molecule has 1 spiro atoms. The lowest BCUT2D eigenvalue weighted by Gasteiger charge is -2.34. The molecule has 3 nitrogen and oxygen atoms in total. The Balaban J connectivity index is 1.66. The van der Waals surface area contributed by atoms with Gasteiger partial charge in [-0.2, -0.15) is 11.8 Å². The fourth-order valence-corrected chi connectivity index (χ4v) is 5.40. The van der Waals surface area contributed by atoms with Crippen LogP contribution >= 0.6 is 23.1 Å². The van der Waals surface area contributed by atoms with E-state index in [9.17, 15) is 4.79 Å². The number of nitrogens with one attached hydrogen (secondary N) is 1. The van der Waals surface area contributed by atoms with Crippen molar-refractivity contribution < 1.29 is 4.79 Å². The van der Waals surface area contributed by atoms with Crippen molar-refractivity contribution in [3.8, 4) is 0 Å². The summed E-state index contributed by atoms with van der Waals surface area (Å²) in [6, 6.07) is 4.79. The van der Waals surface area contributed by atoms with Gasteiger partial charge in [-0.05, 0) is 56.2 Å². The molecule has 3 heterocycles. The van der Waals surface area contributed by atoms with E-state index in [1.807, 2.05) is 23.1 Å². The molecule has 5 heteroatoms. The Labute approximate surface area is 128 Å². The van der Waals surface area contributed by atoms with Crippen LogP contribution < -0.4 is 5.32 Å². The summed E-state index contributed by atoms with van der Waals surface area (Å²) in [6.07, 6.45) is 4.45. The van der Waals surface area contributed by atoms with Crippen LogP contribution in [0.4, 0.5) is 0 Å². The first-order valence-corrected chi connectivity index (χ1v) is 9.41. The molecule has 3 aliphatic rings. The minimum absolute atomic E-state index is 0.122. The standard InChI is InChI=1S/C15H20N2OS2/c1-10-2-3-12(20-10)13-16-15(6-7-15)14(18)17(13)11-4-8-19-9-5-11/h2-3,11,13,16H,4-9H2,1H3. The van der Waals surface area contributed by atoms with Gasteiger partial charge < -0.3 is 4.90 Å². The van der Waals surface area contributed by atoms with Crippen molar-refractivity contribution in [3.05, 3.63) is 21.9 Å². The lowest BCUT2D eigenvalue weighted by atomic mass is 10.1. The van der Waals surface area contributed by atoms with Crippen LogP contribution in [0, 0.1) is 6.92 Å². The Hall–Kier alpha value is -0.520. The third kappa shape index (κ3) is 2.02. The smallest absolute Gasteiger partial charge is 0.244 e. The number of amides is 1. The van der Waals surface area contributed by atoms with Crippen molar-refractivity contribution >= 4 is 29.0 Å². The van der Waals surface area contributed by atoms with Crippen LogP contribution in [-0.4, -0.2) is 33.9 Å². The number of thioether (sulfide) groups is 1. The van der Waals surface area contributed by atoms with Gasteiger partial charge in [0.25, 0.3) is 0 Å². The molecule has 1 unspecified atom stereocenters. The highest BCUT2D eigenvalue weighted by atomic mass is 32.2. The fourth-order valence-electron chi connectivity index (χ4n) is 3.39. The molecule has 108 valence electrons. The SMILES string of the molecule is Cc1ccc(C2NC3(CC3)C(=O)N2C2CCSCC2)s1. The molecule has 1 aromatic rings. The average molecular weight is 308 g/mol. The maximum absolute atomic E-state index is 12.8. The van der Waals surface area contributed by atoms with E-state index in [-0.39, 0.29) is 11.7 Å². The maximum Gasteiger partial charge on any atom is 0.244 e. The fraction of sp³-hybridized carbons (Fsp3) is 0.667. The third-order valence-electron chi connectivity index (χ3n) is 4.70. The third-order valence-corrected chi connectivity index (χ3v) is 6.80. The van der Waals surface area contributed by atoms with Gasteiger partial charge >= 0.3 is 0 Å². The molecule has 0 bridgehead atoms. The summed E-state index contributed by atoms with van der Waals surface area (Å²) in [6.45, 7) is 2.14. The molecule has 1 N–H and O–H groups in total. The van der Waals surface area contributed by atoms with Gasteiger partial charge in [-0.3, -0.25) is 10.1 Å². The predicted molar refractivity (Wildman–Crippen MR) is 84.1 cm³/mol. The van der Waals surface area contributed by atoms with Crippen LogP contribution in [0.3, 0.4) is 0 Å². The first-order valence-electron chi connectivity index (χ1n) is 7.44. The summed E-state index contributed by atoms with van der Waals surface area (Å²) in [7, 11) is 0. The Kier molecular flexibility index (Phi) is 3.13. The van der Waals surface area contributed by atoms with Crippen molar-refractivity contribution in [2.45, 2.75) is 50.4 Å². The van der Waals surface area contributed by atoms with Crippen molar-refractivity contribution in [2.75, 3.05) is 11.5 Å². The van der Waals surface area contributed by atoms with Gasteiger partial charge in [-0.1, -0.05) is 0 Å². The summed E-state index contributed by atoms with van der Waals surface area (Å²) >= 11 is 3.84. The Morgan fingerprint density at radius 1 is 1.30 bits per heavy atom. The summed E-state index contributed by atoms with van der Waals surface area (Å²) < 4.78 is 0. The van der Waals surface area contributed by atoms with Crippen molar-refractivity contribution in [2.24, 2.45) is 0 Å². The van der Waals surface area contributed by atoms with Gasteiger partial charge in [0.15, 0.2) is 0 Å². The number of thiophene rings is 1. The predicted octanol–water partition coefficient (Wildman–Crippen LogP) is 2.92. The summed E-state index contributed by atoms with van der Waals surface area (Å²) in [4.78, 5) is 17.7. The molecule has 1 aliphatic carbocycles. The van der Waals surface area contributed by atoms with Gasteiger partial charge in [0.2, 0.25) is 5.91 Å². The number of carbonyl (C=O) groups is 1. The maximum atomic E-state index is 12.8. The number of hydrogen-bond acceptors (Lipinski definition) is 4. The zero-order valence-corrected chi connectivity index (χ0v) is 13.4. The van der Waals surface area contributed by atoms with Crippen molar-refractivity contribution in [3.63, 3.8) is 0 Å². The van der Waals surface area contributed by atoms with E-state index in [1.165, 1.54) is 21.3 Å².